The maximum absolute atomic E-state index is 11.7. The zero-order chi connectivity index (χ0) is 8.93. The van der Waals surface area contributed by atoms with Crippen LogP contribution in [0.25, 0.3) is 0 Å². The minimum absolute atomic E-state index is 0.00617. The number of Topliss-reactive ketones (excluding diaryl/α,β-unsaturated/α-hetero) is 1. The lowest BCUT2D eigenvalue weighted by molar-refractivity contribution is -0.121. The van der Waals surface area contributed by atoms with Crippen molar-refractivity contribution in [2.75, 3.05) is 0 Å². The van der Waals surface area contributed by atoms with Crippen LogP contribution in [0.4, 0.5) is 0 Å². The van der Waals surface area contributed by atoms with Gasteiger partial charge in [0.25, 0.3) is 0 Å². The van der Waals surface area contributed by atoms with Gasteiger partial charge in [0, 0.05) is 16.7 Å². The van der Waals surface area contributed by atoms with E-state index < -0.39 is 10.8 Å². The van der Waals surface area contributed by atoms with Crippen molar-refractivity contribution in [2.45, 2.75) is 30.3 Å². The van der Waals surface area contributed by atoms with Gasteiger partial charge in [0.15, 0.2) is 0 Å². The summed E-state index contributed by atoms with van der Waals surface area (Å²) in [6.45, 7) is 3.53. The van der Waals surface area contributed by atoms with Gasteiger partial charge >= 0.3 is 0 Å². The van der Waals surface area contributed by atoms with Crippen LogP contribution in [-0.2, 0) is 15.6 Å². The number of carbonyl (C=O) groups excluding carboxylic acids is 1. The summed E-state index contributed by atoms with van der Waals surface area (Å²) >= 11 is 0. The van der Waals surface area contributed by atoms with E-state index in [-0.39, 0.29) is 21.7 Å². The first-order chi connectivity index (χ1) is 5.55. The van der Waals surface area contributed by atoms with Gasteiger partial charge in [-0.2, -0.15) is 0 Å². The first-order valence-corrected chi connectivity index (χ1v) is 5.37. The van der Waals surface area contributed by atoms with Crippen molar-refractivity contribution < 1.29 is 9.00 Å². The summed E-state index contributed by atoms with van der Waals surface area (Å²) in [6, 6.07) is 0. The molecule has 2 heterocycles. The van der Waals surface area contributed by atoms with Gasteiger partial charge in [0.05, 0.1) is 10.00 Å². The Balaban J connectivity index is 2.41. The average molecular weight is 184 g/mol. The number of ketones is 1. The maximum atomic E-state index is 11.7. The first kappa shape index (κ1) is 8.17. The number of fused-ring (bicyclic) bond motifs is 2. The lowest BCUT2D eigenvalue weighted by Gasteiger charge is -2.23. The minimum atomic E-state index is -0.849. The quantitative estimate of drug-likeness (QED) is 0.571. The molecule has 0 aromatic heterocycles. The van der Waals surface area contributed by atoms with Gasteiger partial charge in [-0.25, -0.2) is 0 Å². The normalized spacial score (nSPS) is 50.0. The SMILES string of the molecule is CC(=O)[C@H]1CC2C=C[C@]1(C)S2=O. The second kappa shape index (κ2) is 2.28. The molecule has 1 fully saturated rings. The number of carbonyl (C=O) groups is 1. The van der Waals surface area contributed by atoms with Crippen molar-refractivity contribution in [1.29, 1.82) is 0 Å². The summed E-state index contributed by atoms with van der Waals surface area (Å²) in [5, 5.41) is 0.142. The van der Waals surface area contributed by atoms with E-state index in [1.54, 1.807) is 6.92 Å². The number of hydrogen-bond acceptors (Lipinski definition) is 2. The molecule has 2 nitrogen and oxygen atoms in total. The zero-order valence-electron chi connectivity index (χ0n) is 7.24. The maximum Gasteiger partial charge on any atom is 0.134 e. The smallest absolute Gasteiger partial charge is 0.134 e. The van der Waals surface area contributed by atoms with Crippen LogP contribution in [0.15, 0.2) is 12.2 Å². The topological polar surface area (TPSA) is 34.1 Å². The lowest BCUT2D eigenvalue weighted by Crippen LogP contribution is -2.34. The third-order valence-electron chi connectivity index (χ3n) is 3.00. The van der Waals surface area contributed by atoms with Gasteiger partial charge in [0.1, 0.15) is 5.78 Å². The van der Waals surface area contributed by atoms with E-state index in [1.165, 1.54) is 0 Å². The van der Waals surface area contributed by atoms with Crippen molar-refractivity contribution in [3.8, 4) is 0 Å². The minimum Gasteiger partial charge on any atom is -0.300 e. The predicted molar refractivity (Wildman–Crippen MR) is 48.3 cm³/mol. The van der Waals surface area contributed by atoms with Gasteiger partial charge in [-0.3, -0.25) is 9.00 Å². The standard InChI is InChI=1S/C9H12O2S/c1-6(10)8-5-7-3-4-9(8,2)12(7)11/h3-4,7-8H,5H2,1-2H3/t7?,8-,9+,12?/m1/s1. The summed E-state index contributed by atoms with van der Waals surface area (Å²) in [5.41, 5.74) is 0. The molecule has 0 aromatic carbocycles. The van der Waals surface area contributed by atoms with Crippen LogP contribution in [-0.4, -0.2) is 20.0 Å². The summed E-state index contributed by atoms with van der Waals surface area (Å²) in [6.07, 6.45) is 4.74. The average Bonchev–Trinajstić information content (AvgIpc) is 2.40. The molecule has 3 heteroatoms. The zero-order valence-corrected chi connectivity index (χ0v) is 8.06. The van der Waals surface area contributed by atoms with E-state index in [0.29, 0.717) is 0 Å². The van der Waals surface area contributed by atoms with E-state index in [0.717, 1.165) is 6.42 Å². The highest BCUT2D eigenvalue weighted by atomic mass is 32.2. The summed E-state index contributed by atoms with van der Waals surface area (Å²) in [7, 11) is -0.849. The second-order valence-corrected chi connectivity index (χ2v) is 5.86. The molecule has 2 aliphatic heterocycles. The van der Waals surface area contributed by atoms with Crippen molar-refractivity contribution in [1.82, 2.24) is 0 Å². The van der Waals surface area contributed by atoms with Gasteiger partial charge in [0.2, 0.25) is 0 Å². The van der Waals surface area contributed by atoms with E-state index in [2.05, 4.69) is 0 Å². The first-order valence-electron chi connectivity index (χ1n) is 4.16. The highest BCUT2D eigenvalue weighted by Crippen LogP contribution is 2.45. The highest BCUT2D eigenvalue weighted by molar-refractivity contribution is 7.88. The molecule has 0 aliphatic carbocycles. The third kappa shape index (κ3) is 0.802. The van der Waals surface area contributed by atoms with E-state index in [9.17, 15) is 9.00 Å². The van der Waals surface area contributed by atoms with E-state index in [1.807, 2.05) is 19.1 Å². The van der Waals surface area contributed by atoms with Crippen molar-refractivity contribution >= 4 is 16.6 Å². The molecule has 0 spiro atoms. The molecule has 1 saturated heterocycles. The van der Waals surface area contributed by atoms with Gasteiger partial charge in [-0.1, -0.05) is 12.2 Å². The van der Waals surface area contributed by atoms with Crippen LogP contribution in [0.1, 0.15) is 20.3 Å². The van der Waals surface area contributed by atoms with Crippen LogP contribution in [0, 0.1) is 5.92 Å². The Morgan fingerprint density at radius 3 is 2.58 bits per heavy atom. The van der Waals surface area contributed by atoms with Crippen LogP contribution in [0.2, 0.25) is 0 Å². The summed E-state index contributed by atoms with van der Waals surface area (Å²) in [4.78, 5) is 11.2. The highest BCUT2D eigenvalue weighted by Gasteiger charge is 2.53. The monoisotopic (exact) mass is 184 g/mol. The molecule has 4 atom stereocenters. The molecule has 0 saturated carbocycles. The Morgan fingerprint density at radius 2 is 2.33 bits per heavy atom. The molecular formula is C9H12O2S. The number of rotatable bonds is 1. The predicted octanol–water partition coefficient (Wildman–Crippen LogP) is 1.04. The molecular weight excluding hydrogens is 172 g/mol. The Kier molecular flexibility index (Phi) is 1.55. The van der Waals surface area contributed by atoms with Crippen LogP contribution in [0.3, 0.4) is 0 Å². The molecule has 66 valence electrons. The van der Waals surface area contributed by atoms with Crippen LogP contribution < -0.4 is 0 Å². The molecule has 2 unspecified atom stereocenters. The third-order valence-corrected chi connectivity index (χ3v) is 5.19. The van der Waals surface area contributed by atoms with Gasteiger partial charge in [-0.15, -0.1) is 0 Å². The molecule has 0 aromatic rings. The Hall–Kier alpha value is -0.440. The fourth-order valence-electron chi connectivity index (χ4n) is 2.22. The molecule has 2 rings (SSSR count). The fourth-order valence-corrected chi connectivity index (χ4v) is 4.22. The summed E-state index contributed by atoms with van der Waals surface area (Å²) < 4.78 is 11.3. The van der Waals surface area contributed by atoms with Gasteiger partial charge < -0.3 is 0 Å². The lowest BCUT2D eigenvalue weighted by atomic mass is 9.83. The second-order valence-electron chi connectivity index (χ2n) is 3.78. The Bertz CT molecular complexity index is 295. The van der Waals surface area contributed by atoms with Crippen molar-refractivity contribution in [3.63, 3.8) is 0 Å². The Morgan fingerprint density at radius 1 is 1.67 bits per heavy atom. The van der Waals surface area contributed by atoms with E-state index >= 15 is 0 Å². The molecule has 12 heavy (non-hydrogen) atoms. The Labute approximate surface area is 74.5 Å². The fraction of sp³-hybridized carbons (Fsp3) is 0.667. The van der Waals surface area contributed by atoms with Crippen molar-refractivity contribution in [2.24, 2.45) is 5.92 Å². The van der Waals surface area contributed by atoms with Crippen LogP contribution in [0.5, 0.6) is 0 Å². The van der Waals surface area contributed by atoms with Crippen LogP contribution >= 0.6 is 0 Å². The molecule has 0 radical (unpaired) electrons. The van der Waals surface area contributed by atoms with Gasteiger partial charge in [-0.05, 0) is 20.3 Å². The van der Waals surface area contributed by atoms with E-state index in [4.69, 9.17) is 0 Å². The summed E-state index contributed by atoms with van der Waals surface area (Å²) in [5.74, 6) is 0.172. The molecule has 0 amide bonds. The number of hydrogen-bond donors (Lipinski definition) is 0. The molecule has 2 bridgehead atoms. The molecule has 0 N–H and O–H groups in total. The van der Waals surface area contributed by atoms with Crippen molar-refractivity contribution in [3.05, 3.63) is 12.2 Å². The molecule has 2 aliphatic rings. The largest absolute Gasteiger partial charge is 0.300 e.